The van der Waals surface area contributed by atoms with Crippen molar-refractivity contribution < 1.29 is 13.9 Å². The molecular weight excluding hydrogens is 413 g/mol. The van der Waals surface area contributed by atoms with E-state index >= 15 is 0 Å². The van der Waals surface area contributed by atoms with Crippen LogP contribution in [0.15, 0.2) is 47.3 Å². The van der Waals surface area contributed by atoms with Gasteiger partial charge in [-0.3, -0.25) is 14.5 Å². The van der Waals surface area contributed by atoms with Crippen LogP contribution in [0.1, 0.15) is 24.8 Å². The minimum Gasteiger partial charge on any atom is -0.494 e. The zero-order valence-corrected chi connectivity index (χ0v) is 18.0. The molecule has 1 saturated heterocycles. The molecule has 0 aliphatic carbocycles. The largest absolute Gasteiger partial charge is 0.494 e. The fourth-order valence-electron chi connectivity index (χ4n) is 3.98. The number of aromatic nitrogens is 3. The minimum atomic E-state index is -0.359. The number of nitrogens with zero attached hydrogens (tertiary/aromatic N) is 4. The summed E-state index contributed by atoms with van der Waals surface area (Å²) in [5, 5.41) is 11.5. The second kappa shape index (κ2) is 9.86. The third-order valence-electron chi connectivity index (χ3n) is 5.76. The molecule has 1 N–H and O–H groups in total. The van der Waals surface area contributed by atoms with Gasteiger partial charge in [0.05, 0.1) is 19.0 Å². The van der Waals surface area contributed by atoms with Gasteiger partial charge in [0.2, 0.25) is 5.91 Å². The topological polar surface area (TPSA) is 89.3 Å². The van der Waals surface area contributed by atoms with Crippen molar-refractivity contribution in [2.24, 2.45) is 0 Å². The molecule has 3 aromatic rings. The standard InChI is InChI=1S/C23H26FN5O3/c1-32-21-7-6-16(14-19(21)24)15-28-11-8-17(9-12-28)25-22(30)10-13-29-23(31)18-4-2-3-5-20(18)26-27-29/h2-7,14,17H,8-13,15H2,1H3,(H,25,30). The molecule has 0 saturated carbocycles. The van der Waals surface area contributed by atoms with Crippen LogP contribution < -0.4 is 15.6 Å². The zero-order chi connectivity index (χ0) is 22.5. The van der Waals surface area contributed by atoms with Gasteiger partial charge >= 0.3 is 0 Å². The van der Waals surface area contributed by atoms with Crippen LogP contribution in [0.2, 0.25) is 0 Å². The summed E-state index contributed by atoms with van der Waals surface area (Å²) in [7, 11) is 1.45. The van der Waals surface area contributed by atoms with Gasteiger partial charge in [-0.05, 0) is 42.7 Å². The van der Waals surface area contributed by atoms with Crippen LogP contribution in [0.4, 0.5) is 4.39 Å². The first kappa shape index (κ1) is 21.9. The average Bonchev–Trinajstić information content (AvgIpc) is 2.80. The van der Waals surface area contributed by atoms with Crippen LogP contribution in [0.5, 0.6) is 5.75 Å². The van der Waals surface area contributed by atoms with E-state index in [0.717, 1.165) is 31.5 Å². The molecule has 1 aliphatic rings. The second-order valence-corrected chi connectivity index (χ2v) is 7.97. The lowest BCUT2D eigenvalue weighted by molar-refractivity contribution is -0.122. The Balaban J connectivity index is 1.24. The van der Waals surface area contributed by atoms with Crippen molar-refractivity contribution in [2.45, 2.75) is 38.4 Å². The Morgan fingerprint density at radius 2 is 2.00 bits per heavy atom. The predicted octanol–water partition coefficient (Wildman–Crippen LogP) is 2.11. The van der Waals surface area contributed by atoms with E-state index in [1.165, 1.54) is 17.9 Å². The normalized spacial score (nSPS) is 15.1. The van der Waals surface area contributed by atoms with Crippen LogP contribution in [-0.2, 0) is 17.9 Å². The van der Waals surface area contributed by atoms with E-state index in [0.29, 0.717) is 17.4 Å². The summed E-state index contributed by atoms with van der Waals surface area (Å²) < 4.78 is 20.1. The van der Waals surface area contributed by atoms with Crippen LogP contribution in [0.3, 0.4) is 0 Å². The number of likely N-dealkylation sites (tertiary alicyclic amines) is 1. The fourth-order valence-corrected chi connectivity index (χ4v) is 3.98. The molecule has 1 aromatic heterocycles. The highest BCUT2D eigenvalue weighted by atomic mass is 19.1. The molecule has 0 spiro atoms. The number of benzene rings is 2. The SMILES string of the molecule is COc1ccc(CN2CCC(NC(=O)CCn3nnc4ccccc4c3=O)CC2)cc1F. The highest BCUT2D eigenvalue weighted by Crippen LogP contribution is 2.20. The number of carbonyl (C=O) groups is 1. The average molecular weight is 439 g/mol. The van der Waals surface area contributed by atoms with Crippen molar-refractivity contribution in [3.05, 3.63) is 64.2 Å². The molecule has 9 heteroatoms. The van der Waals surface area contributed by atoms with Gasteiger partial charge in [0.15, 0.2) is 11.6 Å². The Hall–Kier alpha value is -3.33. The van der Waals surface area contributed by atoms with Gasteiger partial charge in [0, 0.05) is 32.1 Å². The zero-order valence-electron chi connectivity index (χ0n) is 18.0. The maximum atomic E-state index is 13.9. The van der Waals surface area contributed by atoms with Crippen LogP contribution >= 0.6 is 0 Å². The summed E-state index contributed by atoms with van der Waals surface area (Å²) in [5.74, 6) is -0.225. The maximum absolute atomic E-state index is 13.9. The van der Waals surface area contributed by atoms with Crippen LogP contribution in [0, 0.1) is 5.82 Å². The van der Waals surface area contributed by atoms with E-state index in [1.807, 2.05) is 6.07 Å². The molecule has 32 heavy (non-hydrogen) atoms. The molecule has 1 aliphatic heterocycles. The number of halogens is 1. The van der Waals surface area contributed by atoms with E-state index in [9.17, 15) is 14.0 Å². The number of hydrogen-bond donors (Lipinski definition) is 1. The van der Waals surface area contributed by atoms with Gasteiger partial charge in [-0.2, -0.15) is 0 Å². The fraction of sp³-hybridized carbons (Fsp3) is 0.391. The third-order valence-corrected chi connectivity index (χ3v) is 5.76. The molecule has 0 atom stereocenters. The molecule has 8 nitrogen and oxygen atoms in total. The minimum absolute atomic E-state index is 0.0887. The van der Waals surface area contributed by atoms with Crippen LogP contribution in [0.25, 0.3) is 10.9 Å². The number of ether oxygens (including phenoxy) is 1. The summed E-state index contributed by atoms with van der Waals surface area (Å²) in [6.07, 6.45) is 1.80. The number of methoxy groups -OCH3 is 1. The number of carbonyl (C=O) groups excluding carboxylic acids is 1. The third kappa shape index (κ3) is 5.11. The number of amides is 1. The van der Waals surface area contributed by atoms with Gasteiger partial charge in [0.1, 0.15) is 5.52 Å². The first-order valence-electron chi connectivity index (χ1n) is 10.7. The Morgan fingerprint density at radius 3 is 2.75 bits per heavy atom. The van der Waals surface area contributed by atoms with Gasteiger partial charge in [-0.15, -0.1) is 5.10 Å². The monoisotopic (exact) mass is 439 g/mol. The lowest BCUT2D eigenvalue weighted by Crippen LogP contribution is -2.44. The molecule has 0 radical (unpaired) electrons. The van der Waals surface area contributed by atoms with E-state index in [1.54, 1.807) is 30.3 Å². The summed E-state index contributed by atoms with van der Waals surface area (Å²) in [5.41, 5.74) is 1.20. The number of aryl methyl sites for hydroxylation is 1. The summed E-state index contributed by atoms with van der Waals surface area (Å²) in [6, 6.07) is 12.1. The van der Waals surface area contributed by atoms with Crippen molar-refractivity contribution >= 4 is 16.8 Å². The van der Waals surface area contributed by atoms with E-state index < -0.39 is 0 Å². The Labute approximate surface area is 185 Å². The van der Waals surface area contributed by atoms with Crippen molar-refractivity contribution in [3.8, 4) is 5.75 Å². The van der Waals surface area contributed by atoms with Gasteiger partial charge in [-0.25, -0.2) is 9.07 Å². The van der Waals surface area contributed by atoms with E-state index in [4.69, 9.17) is 4.74 Å². The molecule has 168 valence electrons. The molecule has 0 bridgehead atoms. The van der Waals surface area contributed by atoms with Crippen LogP contribution in [-0.4, -0.2) is 52.0 Å². The lowest BCUT2D eigenvalue weighted by atomic mass is 10.0. The highest BCUT2D eigenvalue weighted by Gasteiger charge is 2.21. The van der Waals surface area contributed by atoms with E-state index in [-0.39, 0.29) is 42.0 Å². The molecule has 0 unspecified atom stereocenters. The molecule has 2 aromatic carbocycles. The number of rotatable bonds is 7. The molecular formula is C23H26FN5O3. The van der Waals surface area contributed by atoms with Crippen molar-refractivity contribution in [1.29, 1.82) is 0 Å². The first-order chi connectivity index (χ1) is 15.5. The maximum Gasteiger partial charge on any atom is 0.277 e. The number of nitrogens with one attached hydrogen (secondary N) is 1. The molecule has 4 rings (SSSR count). The summed E-state index contributed by atoms with van der Waals surface area (Å²) >= 11 is 0. The number of hydrogen-bond acceptors (Lipinski definition) is 6. The number of piperidine rings is 1. The quantitative estimate of drug-likeness (QED) is 0.607. The molecule has 2 heterocycles. The summed E-state index contributed by atoms with van der Waals surface area (Å²) in [4.78, 5) is 27.1. The molecule has 1 fully saturated rings. The lowest BCUT2D eigenvalue weighted by Gasteiger charge is -2.32. The van der Waals surface area contributed by atoms with E-state index in [2.05, 4.69) is 20.5 Å². The van der Waals surface area contributed by atoms with Gasteiger partial charge in [0.25, 0.3) is 5.56 Å². The first-order valence-corrected chi connectivity index (χ1v) is 10.7. The smallest absolute Gasteiger partial charge is 0.277 e. The van der Waals surface area contributed by atoms with Crippen molar-refractivity contribution in [1.82, 2.24) is 25.2 Å². The molecule has 1 amide bonds. The van der Waals surface area contributed by atoms with Crippen molar-refractivity contribution in [2.75, 3.05) is 20.2 Å². The summed E-state index contributed by atoms with van der Waals surface area (Å²) in [6.45, 7) is 2.47. The van der Waals surface area contributed by atoms with Gasteiger partial charge in [-0.1, -0.05) is 23.4 Å². The number of fused-ring (bicyclic) bond motifs is 1. The highest BCUT2D eigenvalue weighted by molar-refractivity contribution is 5.77. The Morgan fingerprint density at radius 1 is 1.22 bits per heavy atom. The Bertz CT molecular complexity index is 1160. The predicted molar refractivity (Wildman–Crippen MR) is 118 cm³/mol. The van der Waals surface area contributed by atoms with Gasteiger partial charge < -0.3 is 10.1 Å². The Kier molecular flexibility index (Phi) is 6.75. The second-order valence-electron chi connectivity index (χ2n) is 7.97. The van der Waals surface area contributed by atoms with Crippen molar-refractivity contribution in [3.63, 3.8) is 0 Å².